The zero-order valence-corrected chi connectivity index (χ0v) is 21.4. The van der Waals surface area contributed by atoms with E-state index < -0.39 is 5.97 Å². The highest BCUT2D eigenvalue weighted by atomic mass is 32.1. The van der Waals surface area contributed by atoms with Gasteiger partial charge in [-0.15, -0.1) is 0 Å². The smallest absolute Gasteiger partial charge is 0.325 e. The van der Waals surface area contributed by atoms with Gasteiger partial charge in [0, 0.05) is 37.3 Å². The fourth-order valence-electron chi connectivity index (χ4n) is 4.85. The lowest BCUT2D eigenvalue weighted by Crippen LogP contribution is -2.34. The quantitative estimate of drug-likeness (QED) is 0.347. The van der Waals surface area contributed by atoms with Gasteiger partial charge in [0.05, 0.1) is 12.6 Å². The second-order valence-electron chi connectivity index (χ2n) is 9.01. The predicted octanol–water partition coefficient (Wildman–Crippen LogP) is 3.18. The van der Waals surface area contributed by atoms with Crippen molar-refractivity contribution in [1.29, 1.82) is 0 Å². The molecule has 186 valence electrons. The summed E-state index contributed by atoms with van der Waals surface area (Å²) < 4.78 is 6.80. The van der Waals surface area contributed by atoms with Crippen molar-refractivity contribution in [2.75, 3.05) is 33.8 Å². The zero-order chi connectivity index (χ0) is 25.1. The topological polar surface area (TPSA) is 75.1 Å². The number of carbonyl (C=O) groups is 3. The number of fused-ring (bicyclic) bond motifs is 1. The largest absolute Gasteiger partial charge is 0.468 e. The summed E-state index contributed by atoms with van der Waals surface area (Å²) in [4.78, 5) is 43.0. The Bertz CT molecular complexity index is 1190. The molecule has 8 nitrogen and oxygen atoms in total. The fraction of sp³-hybridized carbons (Fsp3) is 0.462. The van der Waals surface area contributed by atoms with Gasteiger partial charge in [0.15, 0.2) is 5.11 Å². The normalized spacial score (nSPS) is 18.0. The minimum absolute atomic E-state index is 0.110. The number of amides is 2. The summed E-state index contributed by atoms with van der Waals surface area (Å²) >= 11 is 5.41. The second kappa shape index (κ2) is 10.6. The maximum absolute atomic E-state index is 13.2. The Kier molecular flexibility index (Phi) is 7.54. The number of para-hydroxylation sites is 1. The summed E-state index contributed by atoms with van der Waals surface area (Å²) in [5.41, 5.74) is 3.23. The highest BCUT2D eigenvalue weighted by Gasteiger charge is 2.37. The van der Waals surface area contributed by atoms with Gasteiger partial charge in [0.2, 0.25) is 5.91 Å². The zero-order valence-electron chi connectivity index (χ0n) is 20.6. The van der Waals surface area contributed by atoms with Crippen molar-refractivity contribution in [2.24, 2.45) is 0 Å². The highest BCUT2D eigenvalue weighted by Crippen LogP contribution is 2.30. The van der Waals surface area contributed by atoms with Gasteiger partial charge in [-0.3, -0.25) is 19.3 Å². The summed E-state index contributed by atoms with van der Waals surface area (Å²) in [6.07, 6.45) is 8.92. The maximum Gasteiger partial charge on any atom is 0.325 e. The van der Waals surface area contributed by atoms with E-state index in [4.69, 9.17) is 17.0 Å². The van der Waals surface area contributed by atoms with Crippen LogP contribution < -0.4 is 0 Å². The standard InChI is InChI=1S/C26H32N4O4S/c1-4-18-10-9-11-20-19(14-21-25(33)27(2)26(35)30(21)17-23(32)34-3)15-29(24(18)20)16-22(31)28-12-7-5-6-8-13-28/h9-11,14-15H,4-8,12-13,16-17H2,1-3H3/b21-14-. The van der Waals surface area contributed by atoms with Crippen LogP contribution in [0.3, 0.4) is 0 Å². The number of hydrogen-bond acceptors (Lipinski definition) is 5. The van der Waals surface area contributed by atoms with Crippen molar-refractivity contribution in [1.82, 2.24) is 19.3 Å². The third-order valence-electron chi connectivity index (χ3n) is 6.80. The van der Waals surface area contributed by atoms with Crippen LogP contribution in [-0.2, 0) is 32.1 Å². The second-order valence-corrected chi connectivity index (χ2v) is 9.38. The molecule has 3 heterocycles. The molecule has 0 saturated carbocycles. The molecule has 0 radical (unpaired) electrons. The molecule has 2 fully saturated rings. The molecule has 2 aliphatic rings. The van der Waals surface area contributed by atoms with E-state index in [9.17, 15) is 14.4 Å². The Labute approximate surface area is 211 Å². The third kappa shape index (κ3) is 4.96. The Balaban J connectivity index is 1.76. The van der Waals surface area contributed by atoms with E-state index >= 15 is 0 Å². The highest BCUT2D eigenvalue weighted by molar-refractivity contribution is 7.80. The van der Waals surface area contributed by atoms with Crippen molar-refractivity contribution >= 4 is 52.1 Å². The van der Waals surface area contributed by atoms with E-state index in [0.717, 1.165) is 54.4 Å². The van der Waals surface area contributed by atoms with Crippen LogP contribution in [0.1, 0.15) is 43.7 Å². The third-order valence-corrected chi connectivity index (χ3v) is 7.29. The number of likely N-dealkylation sites (N-methyl/N-ethyl adjacent to an activating group) is 1. The molecule has 9 heteroatoms. The first-order chi connectivity index (χ1) is 16.8. The van der Waals surface area contributed by atoms with Crippen LogP contribution >= 0.6 is 12.2 Å². The van der Waals surface area contributed by atoms with Gasteiger partial charge < -0.3 is 19.1 Å². The molecule has 4 rings (SSSR count). The van der Waals surface area contributed by atoms with Crippen LogP contribution in [0.4, 0.5) is 0 Å². The van der Waals surface area contributed by atoms with Crippen molar-refractivity contribution in [3.8, 4) is 0 Å². The van der Waals surface area contributed by atoms with E-state index in [2.05, 4.69) is 13.0 Å². The number of likely N-dealkylation sites (tertiary alicyclic amines) is 1. The van der Waals surface area contributed by atoms with Gasteiger partial charge in [-0.2, -0.15) is 0 Å². The van der Waals surface area contributed by atoms with Crippen LogP contribution in [0.15, 0.2) is 30.1 Å². The number of hydrogen-bond donors (Lipinski definition) is 0. The van der Waals surface area contributed by atoms with Crippen LogP contribution in [0.25, 0.3) is 17.0 Å². The first kappa shape index (κ1) is 24.9. The van der Waals surface area contributed by atoms with Gasteiger partial charge >= 0.3 is 5.97 Å². The molecule has 0 N–H and O–H groups in total. The summed E-state index contributed by atoms with van der Waals surface area (Å²) in [6, 6.07) is 6.06. The number of ether oxygens (including phenoxy) is 1. The van der Waals surface area contributed by atoms with Crippen LogP contribution in [0.5, 0.6) is 0 Å². The molecule has 2 amide bonds. The first-order valence-corrected chi connectivity index (χ1v) is 12.5. The molecule has 1 aromatic carbocycles. The van der Waals surface area contributed by atoms with Gasteiger partial charge in [0.25, 0.3) is 5.91 Å². The minimum Gasteiger partial charge on any atom is -0.468 e. The molecular formula is C26H32N4O4S. The number of benzene rings is 1. The van der Waals surface area contributed by atoms with Crippen LogP contribution in [0.2, 0.25) is 0 Å². The number of rotatable bonds is 6. The van der Waals surface area contributed by atoms with Gasteiger partial charge in [-0.05, 0) is 43.1 Å². The summed E-state index contributed by atoms with van der Waals surface area (Å²) in [7, 11) is 2.89. The number of nitrogens with zero attached hydrogens (tertiary/aromatic N) is 4. The molecule has 0 spiro atoms. The molecule has 0 unspecified atom stereocenters. The van der Waals surface area contributed by atoms with E-state index in [1.807, 2.05) is 27.8 Å². The molecular weight excluding hydrogens is 464 g/mol. The number of esters is 1. The average molecular weight is 497 g/mol. The van der Waals surface area contributed by atoms with Crippen molar-refractivity contribution in [3.05, 3.63) is 41.2 Å². The monoisotopic (exact) mass is 496 g/mol. The van der Waals surface area contributed by atoms with E-state index in [0.29, 0.717) is 5.70 Å². The van der Waals surface area contributed by atoms with Crippen LogP contribution in [-0.4, -0.2) is 76.0 Å². The van der Waals surface area contributed by atoms with Crippen molar-refractivity contribution < 1.29 is 19.1 Å². The summed E-state index contributed by atoms with van der Waals surface area (Å²) in [5.74, 6) is -0.661. The van der Waals surface area contributed by atoms with E-state index in [-0.39, 0.29) is 30.0 Å². The number of aryl methyl sites for hydroxylation is 1. The Morgan fingerprint density at radius 3 is 2.49 bits per heavy atom. The van der Waals surface area contributed by atoms with E-state index in [1.54, 1.807) is 13.1 Å². The fourth-order valence-corrected chi connectivity index (χ4v) is 5.09. The minimum atomic E-state index is -0.486. The lowest BCUT2D eigenvalue weighted by Gasteiger charge is -2.21. The maximum atomic E-state index is 13.2. The molecule has 0 bridgehead atoms. The van der Waals surface area contributed by atoms with Gasteiger partial charge in [-0.25, -0.2) is 0 Å². The predicted molar refractivity (Wildman–Crippen MR) is 138 cm³/mol. The molecule has 0 aliphatic carbocycles. The number of thiocarbonyl (C=S) groups is 1. The SMILES string of the molecule is CCc1cccc2c(/C=C3/C(=O)N(C)C(=S)N3CC(=O)OC)cn(CC(=O)N3CCCCCC3)c12. The molecule has 2 aliphatic heterocycles. The Hall–Kier alpha value is -3.20. The first-order valence-electron chi connectivity index (χ1n) is 12.1. The lowest BCUT2D eigenvalue weighted by atomic mass is 10.1. The number of carbonyl (C=O) groups excluding carboxylic acids is 3. The number of aromatic nitrogens is 1. The van der Waals surface area contributed by atoms with Crippen molar-refractivity contribution in [3.63, 3.8) is 0 Å². The summed E-state index contributed by atoms with van der Waals surface area (Å²) in [5, 5.41) is 1.20. The number of methoxy groups -OCH3 is 1. The van der Waals surface area contributed by atoms with Gasteiger partial charge in [0.1, 0.15) is 18.8 Å². The average Bonchev–Trinajstić information content (AvgIpc) is 3.13. The van der Waals surface area contributed by atoms with Crippen LogP contribution in [0, 0.1) is 0 Å². The molecule has 2 saturated heterocycles. The lowest BCUT2D eigenvalue weighted by molar-refractivity contribution is -0.140. The molecule has 0 atom stereocenters. The van der Waals surface area contributed by atoms with Gasteiger partial charge in [-0.1, -0.05) is 38.0 Å². The van der Waals surface area contributed by atoms with E-state index in [1.165, 1.54) is 29.8 Å². The Morgan fingerprint density at radius 1 is 1.11 bits per heavy atom. The molecule has 1 aromatic heterocycles. The molecule has 2 aromatic rings. The summed E-state index contributed by atoms with van der Waals surface area (Å²) in [6.45, 7) is 3.79. The Morgan fingerprint density at radius 2 is 1.83 bits per heavy atom. The van der Waals surface area contributed by atoms with Crippen molar-refractivity contribution in [2.45, 2.75) is 45.6 Å². The molecule has 35 heavy (non-hydrogen) atoms.